The second kappa shape index (κ2) is 6.33. The highest BCUT2D eigenvalue weighted by molar-refractivity contribution is 5.89. The first-order chi connectivity index (χ1) is 8.77. The van der Waals surface area contributed by atoms with Crippen LogP contribution in [0.15, 0.2) is 12.3 Å². The summed E-state index contributed by atoms with van der Waals surface area (Å²) < 4.78 is 5.54. The second-order valence-electron chi connectivity index (χ2n) is 4.72. The highest BCUT2D eigenvalue weighted by atomic mass is 16.5. The predicted molar refractivity (Wildman–Crippen MR) is 65.7 cm³/mol. The van der Waals surface area contributed by atoms with Gasteiger partial charge in [-0.25, -0.2) is 4.79 Å². The lowest BCUT2D eigenvalue weighted by Gasteiger charge is -2.14. The summed E-state index contributed by atoms with van der Waals surface area (Å²) in [6.07, 6.45) is 8.73. The fourth-order valence-corrected chi connectivity index (χ4v) is 2.32. The number of ether oxygens (including phenoxy) is 1. The first-order valence-corrected chi connectivity index (χ1v) is 6.45. The molecule has 0 atom stereocenters. The maximum absolute atomic E-state index is 11.0. The van der Waals surface area contributed by atoms with Crippen molar-refractivity contribution < 1.29 is 14.6 Å². The molecule has 0 amide bonds. The number of rotatable bonds is 4. The molecule has 1 aliphatic carbocycles. The molecule has 98 valence electrons. The van der Waals surface area contributed by atoms with Crippen molar-refractivity contribution in [3.63, 3.8) is 0 Å². The molecule has 0 spiro atoms. The zero-order chi connectivity index (χ0) is 12.8. The van der Waals surface area contributed by atoms with E-state index in [2.05, 4.69) is 10.2 Å². The van der Waals surface area contributed by atoms with Crippen LogP contribution in [0.2, 0.25) is 0 Å². The Labute approximate surface area is 106 Å². The molecule has 5 nitrogen and oxygen atoms in total. The third-order valence-corrected chi connectivity index (χ3v) is 3.35. The second-order valence-corrected chi connectivity index (χ2v) is 4.72. The molecule has 0 unspecified atom stereocenters. The summed E-state index contributed by atoms with van der Waals surface area (Å²) >= 11 is 0. The minimum Gasteiger partial charge on any atom is -0.477 e. The van der Waals surface area contributed by atoms with E-state index in [9.17, 15) is 4.79 Å². The van der Waals surface area contributed by atoms with Gasteiger partial charge in [-0.2, -0.15) is 5.10 Å². The van der Waals surface area contributed by atoms with Gasteiger partial charge in [-0.3, -0.25) is 0 Å². The first kappa shape index (κ1) is 12.8. The average molecular weight is 250 g/mol. The summed E-state index contributed by atoms with van der Waals surface area (Å²) in [7, 11) is 0. The zero-order valence-electron chi connectivity index (χ0n) is 10.3. The van der Waals surface area contributed by atoms with Gasteiger partial charge >= 0.3 is 5.97 Å². The molecule has 5 heteroatoms. The Morgan fingerprint density at radius 3 is 2.72 bits per heavy atom. The van der Waals surface area contributed by atoms with E-state index in [0.717, 1.165) is 12.8 Å². The summed E-state index contributed by atoms with van der Waals surface area (Å²) in [5.41, 5.74) is 0.0821. The van der Waals surface area contributed by atoms with Gasteiger partial charge in [-0.15, -0.1) is 5.10 Å². The van der Waals surface area contributed by atoms with Gasteiger partial charge in [0, 0.05) is 0 Å². The highest BCUT2D eigenvalue weighted by Gasteiger charge is 2.16. The van der Waals surface area contributed by atoms with Crippen molar-refractivity contribution in [2.75, 3.05) is 6.61 Å². The summed E-state index contributed by atoms with van der Waals surface area (Å²) in [5, 5.41) is 16.4. The standard InChI is InChI=1S/C13H18N2O3/c16-13(17)11-7-8-14-15-12(11)18-9-10-5-3-1-2-4-6-10/h7-8,10H,1-6,9H2,(H,16,17). The van der Waals surface area contributed by atoms with E-state index in [0.29, 0.717) is 12.5 Å². The monoisotopic (exact) mass is 250 g/mol. The van der Waals surface area contributed by atoms with Crippen molar-refractivity contribution in [1.29, 1.82) is 0 Å². The Morgan fingerprint density at radius 1 is 1.33 bits per heavy atom. The number of carboxylic acid groups (broad SMARTS) is 1. The van der Waals surface area contributed by atoms with Crippen molar-refractivity contribution in [3.05, 3.63) is 17.8 Å². The normalized spacial score (nSPS) is 17.1. The number of carbonyl (C=O) groups is 1. The summed E-state index contributed by atoms with van der Waals surface area (Å²) in [6, 6.07) is 1.41. The van der Waals surface area contributed by atoms with Crippen LogP contribution >= 0.6 is 0 Å². The molecule has 1 aromatic rings. The maximum Gasteiger partial charge on any atom is 0.341 e. The first-order valence-electron chi connectivity index (χ1n) is 6.45. The molecule has 1 fully saturated rings. The Bertz CT molecular complexity index is 401. The molecule has 18 heavy (non-hydrogen) atoms. The highest BCUT2D eigenvalue weighted by Crippen LogP contribution is 2.24. The lowest BCUT2D eigenvalue weighted by Crippen LogP contribution is -2.14. The summed E-state index contributed by atoms with van der Waals surface area (Å²) in [5.74, 6) is -0.383. The topological polar surface area (TPSA) is 72.3 Å². The lowest BCUT2D eigenvalue weighted by atomic mass is 10.0. The number of aromatic carboxylic acids is 1. The van der Waals surface area contributed by atoms with E-state index < -0.39 is 5.97 Å². The molecule has 1 saturated carbocycles. The van der Waals surface area contributed by atoms with E-state index in [1.54, 1.807) is 0 Å². The van der Waals surface area contributed by atoms with Crippen molar-refractivity contribution in [3.8, 4) is 5.88 Å². The molecule has 0 bridgehead atoms. The largest absolute Gasteiger partial charge is 0.477 e. The third kappa shape index (κ3) is 3.42. The summed E-state index contributed by atoms with van der Waals surface area (Å²) in [4.78, 5) is 11.0. The van der Waals surface area contributed by atoms with Crippen LogP contribution in [-0.4, -0.2) is 27.9 Å². The Kier molecular flexibility index (Phi) is 4.50. The van der Waals surface area contributed by atoms with Gasteiger partial charge in [0.05, 0.1) is 12.8 Å². The van der Waals surface area contributed by atoms with Gasteiger partial charge in [0.1, 0.15) is 5.56 Å². The fourth-order valence-electron chi connectivity index (χ4n) is 2.32. The molecule has 1 aromatic heterocycles. The fraction of sp³-hybridized carbons (Fsp3) is 0.615. The van der Waals surface area contributed by atoms with Crippen molar-refractivity contribution in [2.45, 2.75) is 38.5 Å². The van der Waals surface area contributed by atoms with Crippen LogP contribution in [0, 0.1) is 5.92 Å². The van der Waals surface area contributed by atoms with Crippen molar-refractivity contribution >= 4 is 5.97 Å². The van der Waals surface area contributed by atoms with Gasteiger partial charge in [0.15, 0.2) is 0 Å². The average Bonchev–Trinajstić information content (AvgIpc) is 2.65. The summed E-state index contributed by atoms with van der Waals surface area (Å²) in [6.45, 7) is 0.541. The van der Waals surface area contributed by atoms with Crippen molar-refractivity contribution in [2.24, 2.45) is 5.92 Å². The molecule has 1 aliphatic rings. The van der Waals surface area contributed by atoms with Crippen LogP contribution in [-0.2, 0) is 0 Å². The molecular formula is C13H18N2O3. The van der Waals surface area contributed by atoms with Gasteiger partial charge in [0.25, 0.3) is 0 Å². The van der Waals surface area contributed by atoms with E-state index in [1.807, 2.05) is 0 Å². The number of hydrogen-bond donors (Lipinski definition) is 1. The van der Waals surface area contributed by atoms with Crippen LogP contribution in [0.1, 0.15) is 48.9 Å². The van der Waals surface area contributed by atoms with Crippen LogP contribution in [0.4, 0.5) is 0 Å². The van der Waals surface area contributed by atoms with Gasteiger partial charge in [-0.1, -0.05) is 25.7 Å². The molecular weight excluding hydrogens is 232 g/mol. The molecule has 0 radical (unpaired) electrons. The lowest BCUT2D eigenvalue weighted by molar-refractivity contribution is 0.0689. The van der Waals surface area contributed by atoms with E-state index in [-0.39, 0.29) is 11.4 Å². The smallest absolute Gasteiger partial charge is 0.341 e. The SMILES string of the molecule is O=C(O)c1ccnnc1OCC1CCCCCC1. The van der Waals surface area contributed by atoms with Crippen LogP contribution in [0.3, 0.4) is 0 Å². The number of carboxylic acids is 1. The predicted octanol–water partition coefficient (Wildman–Crippen LogP) is 2.52. The molecule has 0 aliphatic heterocycles. The maximum atomic E-state index is 11.0. The van der Waals surface area contributed by atoms with E-state index >= 15 is 0 Å². The zero-order valence-corrected chi connectivity index (χ0v) is 10.3. The van der Waals surface area contributed by atoms with Crippen LogP contribution in [0.25, 0.3) is 0 Å². The number of aromatic nitrogens is 2. The molecule has 0 saturated heterocycles. The number of hydrogen-bond acceptors (Lipinski definition) is 4. The molecule has 1 N–H and O–H groups in total. The van der Waals surface area contributed by atoms with Crippen molar-refractivity contribution in [1.82, 2.24) is 10.2 Å². The van der Waals surface area contributed by atoms with Gasteiger partial charge < -0.3 is 9.84 Å². The number of nitrogens with zero attached hydrogens (tertiary/aromatic N) is 2. The Balaban J connectivity index is 1.94. The van der Waals surface area contributed by atoms with Gasteiger partial charge in [-0.05, 0) is 24.8 Å². The van der Waals surface area contributed by atoms with Crippen LogP contribution in [0.5, 0.6) is 5.88 Å². The molecule has 2 rings (SSSR count). The molecule has 1 heterocycles. The molecule has 0 aromatic carbocycles. The minimum atomic E-state index is -1.03. The van der Waals surface area contributed by atoms with E-state index in [4.69, 9.17) is 9.84 Å². The van der Waals surface area contributed by atoms with Gasteiger partial charge in [0.2, 0.25) is 5.88 Å². The minimum absolute atomic E-state index is 0.0821. The quantitative estimate of drug-likeness (QED) is 0.831. The third-order valence-electron chi connectivity index (χ3n) is 3.35. The van der Waals surface area contributed by atoms with E-state index in [1.165, 1.54) is 37.9 Å². The van der Waals surface area contributed by atoms with Crippen LogP contribution < -0.4 is 4.74 Å². The Hall–Kier alpha value is -1.65. The Morgan fingerprint density at radius 2 is 2.06 bits per heavy atom.